The first-order chi connectivity index (χ1) is 9.15. The lowest BCUT2D eigenvalue weighted by Gasteiger charge is -2.20. The van der Waals surface area contributed by atoms with Crippen LogP contribution in [0, 0.1) is 13.8 Å². The number of aliphatic hydroxyl groups is 1. The predicted octanol–water partition coefficient (Wildman–Crippen LogP) is 2.75. The number of benzene rings is 1. The molecule has 1 aliphatic heterocycles. The second-order valence-electron chi connectivity index (χ2n) is 4.67. The highest BCUT2D eigenvalue weighted by atomic mass is 16.6. The Morgan fingerprint density at radius 2 is 1.79 bits per heavy atom. The Kier molecular flexibility index (Phi) is 2.95. The Balaban J connectivity index is 1.95. The molecular weight excluding hydrogens is 244 g/mol. The summed E-state index contributed by atoms with van der Waals surface area (Å²) in [5.74, 6) is 2.94. The van der Waals surface area contributed by atoms with Crippen molar-refractivity contribution in [3.63, 3.8) is 0 Å². The summed E-state index contributed by atoms with van der Waals surface area (Å²) in [5, 5.41) is 10.4. The molecule has 1 aromatic carbocycles. The van der Waals surface area contributed by atoms with Gasteiger partial charge in [0, 0.05) is 5.56 Å². The molecule has 0 fully saturated rings. The first-order valence-corrected chi connectivity index (χ1v) is 6.29. The number of furan rings is 1. The van der Waals surface area contributed by atoms with Gasteiger partial charge < -0.3 is 19.0 Å². The van der Waals surface area contributed by atoms with E-state index >= 15 is 0 Å². The van der Waals surface area contributed by atoms with Gasteiger partial charge in [-0.25, -0.2) is 0 Å². The van der Waals surface area contributed by atoms with Crippen LogP contribution in [0.4, 0.5) is 0 Å². The van der Waals surface area contributed by atoms with Crippen LogP contribution in [-0.4, -0.2) is 18.3 Å². The summed E-state index contributed by atoms with van der Waals surface area (Å²) < 4.78 is 16.4. The monoisotopic (exact) mass is 260 g/mol. The van der Waals surface area contributed by atoms with E-state index in [0.29, 0.717) is 19.0 Å². The van der Waals surface area contributed by atoms with Crippen molar-refractivity contribution in [1.29, 1.82) is 0 Å². The second kappa shape index (κ2) is 4.63. The lowest BCUT2D eigenvalue weighted by atomic mass is 10.0. The molecule has 2 aromatic rings. The summed E-state index contributed by atoms with van der Waals surface area (Å²) in [5.41, 5.74) is 1.56. The van der Waals surface area contributed by atoms with E-state index in [1.54, 1.807) is 0 Å². The Morgan fingerprint density at radius 1 is 1.05 bits per heavy atom. The molecule has 1 aromatic heterocycles. The Bertz CT molecular complexity index is 600. The normalized spacial score (nSPS) is 15.3. The molecule has 0 amide bonds. The standard InChI is InChI=1S/C15H16O4/c1-9-7-12(10(2)19-9)15(16)11-3-4-13-14(8-11)18-6-5-17-13/h3-4,7-8,15-16H,5-6H2,1-2H3. The van der Waals surface area contributed by atoms with Crippen LogP contribution in [0.5, 0.6) is 11.5 Å². The van der Waals surface area contributed by atoms with Gasteiger partial charge in [0.15, 0.2) is 11.5 Å². The maximum atomic E-state index is 10.4. The Morgan fingerprint density at radius 3 is 2.47 bits per heavy atom. The number of hydrogen-bond acceptors (Lipinski definition) is 4. The number of hydrogen-bond donors (Lipinski definition) is 1. The fraction of sp³-hybridized carbons (Fsp3) is 0.333. The number of rotatable bonds is 2. The molecule has 100 valence electrons. The van der Waals surface area contributed by atoms with Gasteiger partial charge in [-0.15, -0.1) is 0 Å². The van der Waals surface area contributed by atoms with Gasteiger partial charge >= 0.3 is 0 Å². The smallest absolute Gasteiger partial charge is 0.161 e. The highest BCUT2D eigenvalue weighted by Crippen LogP contribution is 2.35. The van der Waals surface area contributed by atoms with E-state index in [4.69, 9.17) is 13.9 Å². The number of aliphatic hydroxyl groups excluding tert-OH is 1. The van der Waals surface area contributed by atoms with Crippen LogP contribution in [0.1, 0.15) is 28.8 Å². The van der Waals surface area contributed by atoms with E-state index < -0.39 is 6.10 Å². The van der Waals surface area contributed by atoms with Crippen LogP contribution >= 0.6 is 0 Å². The van der Waals surface area contributed by atoms with Gasteiger partial charge in [-0.1, -0.05) is 6.07 Å². The first kappa shape index (κ1) is 12.1. The molecule has 0 radical (unpaired) electrons. The molecule has 0 bridgehead atoms. The van der Waals surface area contributed by atoms with Crippen molar-refractivity contribution in [3.8, 4) is 11.5 Å². The van der Waals surface area contributed by atoms with E-state index in [-0.39, 0.29) is 0 Å². The van der Waals surface area contributed by atoms with Crippen molar-refractivity contribution in [1.82, 2.24) is 0 Å². The average molecular weight is 260 g/mol. The molecule has 19 heavy (non-hydrogen) atoms. The van der Waals surface area contributed by atoms with Gasteiger partial charge in [-0.2, -0.15) is 0 Å². The summed E-state index contributed by atoms with van der Waals surface area (Å²) in [6, 6.07) is 7.35. The third-order valence-electron chi connectivity index (χ3n) is 3.26. The predicted molar refractivity (Wildman–Crippen MR) is 69.7 cm³/mol. The highest BCUT2D eigenvalue weighted by Gasteiger charge is 2.19. The van der Waals surface area contributed by atoms with Crippen molar-refractivity contribution in [2.45, 2.75) is 20.0 Å². The Labute approximate surface area is 111 Å². The van der Waals surface area contributed by atoms with Crippen LogP contribution in [0.3, 0.4) is 0 Å². The lowest BCUT2D eigenvalue weighted by Crippen LogP contribution is -2.15. The minimum absolute atomic E-state index is 0.538. The summed E-state index contributed by atoms with van der Waals surface area (Å²) >= 11 is 0. The largest absolute Gasteiger partial charge is 0.486 e. The molecule has 3 rings (SSSR count). The van der Waals surface area contributed by atoms with E-state index in [1.165, 1.54) is 0 Å². The van der Waals surface area contributed by atoms with Crippen molar-refractivity contribution < 1.29 is 19.0 Å². The van der Waals surface area contributed by atoms with Gasteiger partial charge in [0.1, 0.15) is 30.8 Å². The number of ether oxygens (including phenoxy) is 2. The van der Waals surface area contributed by atoms with Crippen LogP contribution < -0.4 is 9.47 Å². The number of aryl methyl sites for hydroxylation is 2. The van der Waals surface area contributed by atoms with Crippen molar-refractivity contribution in [3.05, 3.63) is 46.9 Å². The molecule has 0 saturated heterocycles. The molecule has 4 nitrogen and oxygen atoms in total. The Hall–Kier alpha value is -1.94. The average Bonchev–Trinajstić information content (AvgIpc) is 2.76. The zero-order valence-corrected chi connectivity index (χ0v) is 11.0. The summed E-state index contributed by atoms with van der Waals surface area (Å²) in [7, 11) is 0. The fourth-order valence-electron chi connectivity index (χ4n) is 2.33. The van der Waals surface area contributed by atoms with Gasteiger partial charge in [0.05, 0.1) is 0 Å². The highest BCUT2D eigenvalue weighted by molar-refractivity contribution is 5.46. The molecular formula is C15H16O4. The molecule has 4 heteroatoms. The van der Waals surface area contributed by atoms with Gasteiger partial charge in [0.2, 0.25) is 0 Å². The quantitative estimate of drug-likeness (QED) is 0.902. The lowest BCUT2D eigenvalue weighted by molar-refractivity contribution is 0.169. The first-order valence-electron chi connectivity index (χ1n) is 6.29. The second-order valence-corrected chi connectivity index (χ2v) is 4.67. The van der Waals surface area contributed by atoms with Gasteiger partial charge in [0.25, 0.3) is 0 Å². The van der Waals surface area contributed by atoms with Crippen LogP contribution in [0.2, 0.25) is 0 Å². The zero-order chi connectivity index (χ0) is 13.4. The van der Waals surface area contributed by atoms with E-state index in [1.807, 2.05) is 38.1 Å². The van der Waals surface area contributed by atoms with Crippen molar-refractivity contribution in [2.75, 3.05) is 13.2 Å². The maximum Gasteiger partial charge on any atom is 0.161 e. The molecule has 1 atom stereocenters. The van der Waals surface area contributed by atoms with Crippen molar-refractivity contribution in [2.24, 2.45) is 0 Å². The van der Waals surface area contributed by atoms with E-state index in [2.05, 4.69) is 0 Å². The molecule has 0 spiro atoms. The topological polar surface area (TPSA) is 51.8 Å². The van der Waals surface area contributed by atoms with Crippen LogP contribution in [-0.2, 0) is 0 Å². The molecule has 1 unspecified atom stereocenters. The van der Waals surface area contributed by atoms with Crippen LogP contribution in [0.25, 0.3) is 0 Å². The minimum atomic E-state index is -0.715. The molecule has 1 N–H and O–H groups in total. The van der Waals surface area contributed by atoms with E-state index in [9.17, 15) is 5.11 Å². The summed E-state index contributed by atoms with van der Waals surface area (Å²) in [6.07, 6.45) is -0.715. The molecule has 0 saturated carbocycles. The third-order valence-corrected chi connectivity index (χ3v) is 3.26. The molecule has 0 aliphatic carbocycles. The number of fused-ring (bicyclic) bond motifs is 1. The van der Waals surface area contributed by atoms with Crippen molar-refractivity contribution >= 4 is 0 Å². The van der Waals surface area contributed by atoms with E-state index in [0.717, 1.165) is 28.4 Å². The van der Waals surface area contributed by atoms with Gasteiger partial charge in [-0.05, 0) is 37.6 Å². The fourth-order valence-corrected chi connectivity index (χ4v) is 2.33. The minimum Gasteiger partial charge on any atom is -0.486 e. The van der Waals surface area contributed by atoms with Gasteiger partial charge in [-0.3, -0.25) is 0 Å². The van der Waals surface area contributed by atoms with Crippen LogP contribution in [0.15, 0.2) is 28.7 Å². The summed E-state index contributed by atoms with van der Waals surface area (Å²) in [6.45, 7) is 4.82. The zero-order valence-electron chi connectivity index (χ0n) is 11.0. The maximum absolute atomic E-state index is 10.4. The SMILES string of the molecule is Cc1cc(C(O)c2ccc3c(c2)OCCO3)c(C)o1. The summed E-state index contributed by atoms with van der Waals surface area (Å²) in [4.78, 5) is 0. The molecule has 2 heterocycles. The molecule has 1 aliphatic rings. The third kappa shape index (κ3) is 2.19.